The Bertz CT molecular complexity index is 1550. The van der Waals surface area contributed by atoms with Crippen molar-refractivity contribution in [2.45, 2.75) is 31.2 Å². The van der Waals surface area contributed by atoms with Crippen LogP contribution in [0.2, 0.25) is 5.02 Å². The van der Waals surface area contributed by atoms with Crippen LogP contribution in [-0.2, 0) is 10.4 Å². The van der Waals surface area contributed by atoms with Crippen molar-refractivity contribution in [3.05, 3.63) is 65.6 Å². The fraction of sp³-hybridized carbons (Fsp3) is 0.345. The molecule has 3 aromatic rings. The molecule has 1 aliphatic heterocycles. The molecule has 10 nitrogen and oxygen atoms in total. The van der Waals surface area contributed by atoms with Crippen LogP contribution >= 0.6 is 11.6 Å². The van der Waals surface area contributed by atoms with Crippen molar-refractivity contribution in [3.8, 4) is 5.75 Å². The third-order valence-corrected chi connectivity index (χ3v) is 7.59. The predicted molar refractivity (Wildman–Crippen MR) is 162 cm³/mol. The second kappa shape index (κ2) is 12.8. The highest BCUT2D eigenvalue weighted by Crippen LogP contribution is 2.44. The molecule has 4 N–H and O–H groups in total. The Balaban J connectivity index is 1.68. The molecule has 0 aliphatic carbocycles. The summed E-state index contributed by atoms with van der Waals surface area (Å²) in [4.78, 5) is 25.1. The summed E-state index contributed by atoms with van der Waals surface area (Å²) >= 11 is 5.85. The number of aliphatic hydroxyl groups is 1. The van der Waals surface area contributed by atoms with E-state index in [-0.39, 0.29) is 17.5 Å². The number of halogens is 5. The van der Waals surface area contributed by atoms with Gasteiger partial charge in [0.15, 0.2) is 5.60 Å². The Kier molecular flexibility index (Phi) is 9.56. The number of hydrogen-bond acceptors (Lipinski definition) is 9. The minimum atomic E-state index is -5.12. The zero-order chi connectivity index (χ0) is 32.4. The van der Waals surface area contributed by atoms with Crippen LogP contribution in [0.4, 0.5) is 52.1 Å². The SMILES string of the molecule is C=CC(=O)Nc1cc(Nc2nccc(Nc3cc(Cl)c(F)cc3C(C)(O)C(F)(F)F)n2)c(OC)cc1N1CCC(N(C)C)C1. The van der Waals surface area contributed by atoms with E-state index in [0.29, 0.717) is 36.2 Å². The van der Waals surface area contributed by atoms with E-state index in [1.165, 1.54) is 19.4 Å². The van der Waals surface area contributed by atoms with E-state index in [9.17, 15) is 27.5 Å². The van der Waals surface area contributed by atoms with Crippen LogP contribution in [0.5, 0.6) is 5.75 Å². The molecule has 1 amide bonds. The molecule has 1 aromatic heterocycles. The predicted octanol–water partition coefficient (Wildman–Crippen LogP) is 5.80. The van der Waals surface area contributed by atoms with E-state index in [0.717, 1.165) is 37.3 Å². The number of carbonyl (C=O) groups excluding carboxylic acids is 1. The van der Waals surface area contributed by atoms with Gasteiger partial charge in [-0.2, -0.15) is 18.2 Å². The average molecular weight is 638 g/mol. The number of likely N-dealkylation sites (N-methyl/N-ethyl adjacent to an activating group) is 1. The monoisotopic (exact) mass is 637 g/mol. The number of nitrogens with zero attached hydrogens (tertiary/aromatic N) is 4. The number of rotatable bonds is 10. The van der Waals surface area contributed by atoms with E-state index in [2.05, 4.69) is 42.3 Å². The fourth-order valence-electron chi connectivity index (χ4n) is 4.72. The van der Waals surface area contributed by atoms with Gasteiger partial charge in [-0.15, -0.1) is 0 Å². The molecule has 1 saturated heterocycles. The first kappa shape index (κ1) is 32.8. The standard InChI is InChI=1S/C29H32ClF4N7O3/c1-6-26(42)37-21-13-22(24(44-5)14-23(21)41-10-8-16(15-41)40(3)4)38-27-35-9-7-25(39-27)36-20-12-18(30)19(31)11-17(20)28(2,43)29(32,33)34/h6-7,9,11-14,16,43H,1,8,10,15H2,2-5H3,(H,37,42)(H2,35,36,38,39). The topological polar surface area (TPSA) is 115 Å². The van der Waals surface area contributed by atoms with E-state index in [1.807, 2.05) is 14.1 Å². The van der Waals surface area contributed by atoms with Gasteiger partial charge >= 0.3 is 6.18 Å². The normalized spacial score (nSPS) is 16.4. The van der Waals surface area contributed by atoms with Crippen molar-refractivity contribution in [3.63, 3.8) is 0 Å². The Hall–Kier alpha value is -4.14. The summed E-state index contributed by atoms with van der Waals surface area (Å²) in [6.45, 7) is 5.52. The van der Waals surface area contributed by atoms with Crippen LogP contribution in [0.1, 0.15) is 18.9 Å². The van der Waals surface area contributed by atoms with Gasteiger partial charge in [0.1, 0.15) is 17.4 Å². The van der Waals surface area contributed by atoms with Crippen molar-refractivity contribution in [1.29, 1.82) is 0 Å². The minimum Gasteiger partial charge on any atom is -0.494 e. The molecule has 1 aliphatic rings. The number of ether oxygens (including phenoxy) is 1. The molecular weight excluding hydrogens is 606 g/mol. The number of alkyl halides is 3. The van der Waals surface area contributed by atoms with E-state index >= 15 is 0 Å². The molecule has 1 fully saturated rings. The number of nitrogens with one attached hydrogen (secondary N) is 3. The van der Waals surface area contributed by atoms with E-state index < -0.39 is 34.1 Å². The molecule has 4 rings (SSSR count). The smallest absolute Gasteiger partial charge is 0.421 e. The summed E-state index contributed by atoms with van der Waals surface area (Å²) in [7, 11) is 5.49. The van der Waals surface area contributed by atoms with Gasteiger partial charge in [-0.1, -0.05) is 18.2 Å². The largest absolute Gasteiger partial charge is 0.494 e. The molecule has 2 aromatic carbocycles. The number of aromatic nitrogens is 2. The summed E-state index contributed by atoms with van der Waals surface area (Å²) in [5.74, 6) is -1.14. The summed E-state index contributed by atoms with van der Waals surface area (Å²) < 4.78 is 60.8. The average Bonchev–Trinajstić information content (AvgIpc) is 3.45. The Labute approximate surface area is 256 Å². The van der Waals surface area contributed by atoms with Gasteiger partial charge in [0.25, 0.3) is 0 Å². The Morgan fingerprint density at radius 2 is 1.93 bits per heavy atom. The maximum atomic E-state index is 14.2. The molecule has 0 bridgehead atoms. The molecule has 0 radical (unpaired) electrons. The van der Waals surface area contributed by atoms with Crippen LogP contribution < -0.4 is 25.6 Å². The zero-order valence-electron chi connectivity index (χ0n) is 24.4. The number of methoxy groups -OCH3 is 1. The van der Waals surface area contributed by atoms with Crippen LogP contribution in [-0.4, -0.2) is 72.4 Å². The van der Waals surface area contributed by atoms with Gasteiger partial charge in [0.05, 0.1) is 29.2 Å². The van der Waals surface area contributed by atoms with Gasteiger partial charge in [0.2, 0.25) is 11.9 Å². The van der Waals surface area contributed by atoms with Gasteiger partial charge in [-0.25, -0.2) is 9.37 Å². The van der Waals surface area contributed by atoms with Gasteiger partial charge < -0.3 is 35.6 Å². The highest BCUT2D eigenvalue weighted by molar-refractivity contribution is 6.31. The third kappa shape index (κ3) is 6.98. The van der Waals surface area contributed by atoms with Crippen LogP contribution in [0.15, 0.2) is 49.2 Å². The Morgan fingerprint density at radius 3 is 2.55 bits per heavy atom. The first-order chi connectivity index (χ1) is 20.6. The number of hydrogen-bond donors (Lipinski definition) is 4. The number of carbonyl (C=O) groups is 1. The Morgan fingerprint density at radius 1 is 1.20 bits per heavy atom. The second-order valence-corrected chi connectivity index (χ2v) is 10.9. The number of benzene rings is 2. The van der Waals surface area contributed by atoms with Gasteiger partial charge in [0, 0.05) is 42.6 Å². The molecule has 236 valence electrons. The molecular formula is C29H32ClF4N7O3. The lowest BCUT2D eigenvalue weighted by atomic mass is 9.93. The lowest BCUT2D eigenvalue weighted by molar-refractivity contribution is -0.258. The summed E-state index contributed by atoms with van der Waals surface area (Å²) in [5, 5.41) is 18.3. The lowest BCUT2D eigenvalue weighted by Gasteiger charge is -2.29. The van der Waals surface area contributed by atoms with Gasteiger partial charge in [-0.3, -0.25) is 4.79 Å². The minimum absolute atomic E-state index is 0.00645. The molecule has 44 heavy (non-hydrogen) atoms. The van der Waals surface area contributed by atoms with Crippen molar-refractivity contribution in [2.24, 2.45) is 0 Å². The van der Waals surface area contributed by atoms with Crippen LogP contribution in [0, 0.1) is 5.82 Å². The molecule has 15 heteroatoms. The highest BCUT2D eigenvalue weighted by atomic mass is 35.5. The molecule has 2 heterocycles. The second-order valence-electron chi connectivity index (χ2n) is 10.5. The summed E-state index contributed by atoms with van der Waals surface area (Å²) in [6, 6.07) is 6.55. The lowest BCUT2D eigenvalue weighted by Crippen LogP contribution is -2.39. The van der Waals surface area contributed by atoms with Crippen LogP contribution in [0.25, 0.3) is 0 Å². The first-order valence-electron chi connectivity index (χ1n) is 13.4. The number of amides is 1. The quantitative estimate of drug-likeness (QED) is 0.162. The molecule has 0 spiro atoms. The van der Waals surface area contributed by atoms with Crippen molar-refractivity contribution in [1.82, 2.24) is 14.9 Å². The highest BCUT2D eigenvalue weighted by Gasteiger charge is 2.52. The van der Waals surface area contributed by atoms with E-state index in [1.54, 1.807) is 12.1 Å². The fourth-order valence-corrected chi connectivity index (χ4v) is 4.88. The van der Waals surface area contributed by atoms with Crippen molar-refractivity contribution < 1.29 is 32.2 Å². The zero-order valence-corrected chi connectivity index (χ0v) is 25.1. The van der Waals surface area contributed by atoms with Crippen molar-refractivity contribution >= 4 is 52.0 Å². The molecule has 2 unspecified atom stereocenters. The summed E-state index contributed by atoms with van der Waals surface area (Å²) in [6.07, 6.45) is -1.71. The third-order valence-electron chi connectivity index (χ3n) is 7.30. The maximum absolute atomic E-state index is 14.2. The molecule has 2 atom stereocenters. The summed E-state index contributed by atoms with van der Waals surface area (Å²) in [5.41, 5.74) is -2.92. The van der Waals surface area contributed by atoms with Gasteiger partial charge in [-0.05, 0) is 57.8 Å². The van der Waals surface area contributed by atoms with Crippen LogP contribution in [0.3, 0.4) is 0 Å². The molecule has 0 saturated carbocycles. The van der Waals surface area contributed by atoms with Crippen molar-refractivity contribution in [2.75, 3.05) is 55.1 Å². The van der Waals surface area contributed by atoms with E-state index in [4.69, 9.17) is 16.3 Å². The maximum Gasteiger partial charge on any atom is 0.421 e. The first-order valence-corrected chi connectivity index (χ1v) is 13.7. The number of anilines is 6.